The Balaban J connectivity index is 0.919. The summed E-state index contributed by atoms with van der Waals surface area (Å²) < 4.78 is 47.2. The molecule has 0 aliphatic carbocycles. The predicted octanol–water partition coefficient (Wildman–Crippen LogP) is -4.62. The smallest absolute Gasteiger partial charge is 0.186 e. The molecule has 8 bridgehead atoms. The van der Waals surface area contributed by atoms with Crippen LogP contribution in [0.5, 0.6) is 0 Å². The summed E-state index contributed by atoms with van der Waals surface area (Å²) in [5, 5.41) is 129. The van der Waals surface area contributed by atoms with Gasteiger partial charge in [0.2, 0.25) is 0 Å². The van der Waals surface area contributed by atoms with Crippen LogP contribution >= 0.6 is 36.7 Å². The van der Waals surface area contributed by atoms with Gasteiger partial charge in [-0.2, -0.15) is 0 Å². The average molecular weight is 1120 g/mol. The number of thiocarbonyl (C=S) groups is 3. The fourth-order valence-electron chi connectivity index (χ4n) is 10.2. The van der Waals surface area contributed by atoms with E-state index in [0.29, 0.717) is 93.1 Å². The minimum absolute atomic E-state index is 0.116. The zero-order chi connectivity index (χ0) is 53.6. The first-order valence-corrected chi connectivity index (χ1v) is 27.1. The topological polar surface area (TPSA) is 352 Å². The van der Waals surface area contributed by atoms with E-state index < -0.39 is 136 Å². The van der Waals surface area contributed by atoms with E-state index in [-0.39, 0.29) is 26.3 Å². The van der Waals surface area contributed by atoms with Gasteiger partial charge in [0, 0.05) is 83.1 Å². The number of nitrogens with zero attached hydrogens (tertiary/aromatic N) is 1. The van der Waals surface area contributed by atoms with Gasteiger partial charge in [0.25, 0.3) is 0 Å². The zero-order valence-corrected chi connectivity index (χ0v) is 44.0. The maximum absolute atomic E-state index is 11.4. The molecule has 20 atom stereocenters. The van der Waals surface area contributed by atoms with Gasteiger partial charge in [0.1, 0.15) is 61.0 Å². The van der Waals surface area contributed by atoms with Crippen molar-refractivity contribution in [1.29, 1.82) is 0 Å². The molecule has 0 radical (unpaired) electrons. The highest BCUT2D eigenvalue weighted by molar-refractivity contribution is 7.80. The SMILES string of the molecule is OCC1O[C@@H]2OCCCCC3C(CNC(=S)NCCN(CCNC(=S)NCC4O[C@@H]5OC6C(CO)O[C@H](OCCCCC4[C@H](O)C5O)C(O)[C@H]6O)CCNC(=S)Nc4ccccc4)O[C@H](OC1[C@H](O)C2O)C(O)[C@H]3O. The molecule has 0 spiro atoms. The standard InChI is InChI=1S/C47H77N7O18S3/c55-22-29-39-33(59)37(63)41(69-29)65-18-6-4-10-25-27(67-43(71-39)35(61)31(25)57)20-51-45(73)48-12-15-54(17-14-50-47(75)53-24-8-2-1-3-9-24)16-13-49-46(74)52-21-28-26-11-5-7-19-66-42-38(64)34(60)40(30(23-56)70-42)72-44(68-28)36(62)32(26)58/h1-3,8-9,25-44,55-64H,4-7,10-23H2,(H2,48,51,73)(H2,49,52,74)(H2,50,53,75)/t25?,26?,27?,28?,29?,30?,31-,32-,33+,34+,35?,36?,37?,38?,39?,40?,41-,42-,43+,44+/m0/s1. The Bertz CT molecular complexity index is 1820. The van der Waals surface area contributed by atoms with E-state index in [1.54, 1.807) is 0 Å². The number of anilines is 1. The van der Waals surface area contributed by atoms with Crippen LogP contribution in [0.1, 0.15) is 38.5 Å². The number of benzene rings is 1. The van der Waals surface area contributed by atoms with Gasteiger partial charge >= 0.3 is 0 Å². The fourth-order valence-corrected chi connectivity index (χ4v) is 10.8. The Morgan fingerprint density at radius 2 is 0.867 bits per heavy atom. The van der Waals surface area contributed by atoms with Crippen molar-refractivity contribution in [1.82, 2.24) is 31.5 Å². The fraction of sp³-hybridized carbons (Fsp3) is 0.809. The molecule has 0 saturated carbocycles. The molecule has 12 saturated heterocycles. The molecular formula is C47H77N7O18S3. The third kappa shape index (κ3) is 16.3. The first kappa shape index (κ1) is 60.2. The molecule has 12 fully saturated rings. The van der Waals surface area contributed by atoms with Crippen molar-refractivity contribution in [2.24, 2.45) is 11.8 Å². The van der Waals surface area contributed by atoms with Crippen molar-refractivity contribution in [2.75, 3.05) is 84.1 Å². The lowest BCUT2D eigenvalue weighted by molar-refractivity contribution is -0.355. The highest BCUT2D eigenvalue weighted by Crippen LogP contribution is 2.36. The molecular weight excluding hydrogens is 1050 g/mol. The molecule has 0 aromatic heterocycles. The van der Waals surface area contributed by atoms with Crippen molar-refractivity contribution in [3.8, 4) is 0 Å². The van der Waals surface area contributed by atoms with Crippen molar-refractivity contribution < 1.29 is 89.0 Å². The number of para-hydroxylation sites is 1. The normalized spacial score (nSPS) is 38.5. The van der Waals surface area contributed by atoms with Crippen LogP contribution < -0.4 is 31.9 Å². The minimum Gasteiger partial charge on any atom is -0.394 e. The third-order valence-corrected chi connectivity index (χ3v) is 15.3. The first-order chi connectivity index (χ1) is 36.2. The largest absolute Gasteiger partial charge is 0.394 e. The number of ether oxygens (including phenoxy) is 8. The van der Waals surface area contributed by atoms with Gasteiger partial charge in [0.05, 0.1) is 37.6 Å². The summed E-state index contributed by atoms with van der Waals surface area (Å²) in [5.74, 6) is -1.07. The van der Waals surface area contributed by atoms with E-state index in [9.17, 15) is 51.1 Å². The summed E-state index contributed by atoms with van der Waals surface area (Å²) in [6, 6.07) is 9.53. The number of nitrogens with one attached hydrogen (secondary N) is 6. The molecule has 1 aromatic rings. The number of hydrogen-bond acceptors (Lipinski definition) is 22. The van der Waals surface area contributed by atoms with Gasteiger partial charge < -0.3 is 121 Å². The van der Waals surface area contributed by atoms with E-state index in [1.807, 2.05) is 30.3 Å². The summed E-state index contributed by atoms with van der Waals surface area (Å²) in [7, 11) is 0. The molecule has 16 N–H and O–H groups in total. The predicted molar refractivity (Wildman–Crippen MR) is 278 cm³/mol. The molecule has 12 unspecified atom stereocenters. The van der Waals surface area contributed by atoms with Gasteiger partial charge in [-0.1, -0.05) is 31.0 Å². The molecule has 12 heterocycles. The van der Waals surface area contributed by atoms with E-state index in [1.165, 1.54) is 0 Å². The summed E-state index contributed by atoms with van der Waals surface area (Å²) in [5.41, 5.74) is 0.842. The number of aliphatic hydroxyl groups is 10. The summed E-state index contributed by atoms with van der Waals surface area (Å²) in [4.78, 5) is 2.16. The van der Waals surface area contributed by atoms with Gasteiger partial charge in [0.15, 0.2) is 40.5 Å². The van der Waals surface area contributed by atoms with Crippen LogP contribution in [0.25, 0.3) is 0 Å². The maximum atomic E-state index is 11.4. The van der Waals surface area contributed by atoms with Gasteiger partial charge in [-0.25, -0.2) is 0 Å². The Labute approximate surface area is 451 Å². The molecule has 13 rings (SSSR count). The summed E-state index contributed by atoms with van der Waals surface area (Å²) >= 11 is 16.9. The Morgan fingerprint density at radius 1 is 0.467 bits per heavy atom. The van der Waals surface area contributed by atoms with Gasteiger partial charge in [-0.15, -0.1) is 0 Å². The summed E-state index contributed by atoms with van der Waals surface area (Å²) in [6.45, 7) is 2.28. The third-order valence-electron chi connectivity index (χ3n) is 14.5. The molecule has 28 heteroatoms. The van der Waals surface area contributed by atoms with Crippen molar-refractivity contribution in [3.63, 3.8) is 0 Å². The highest BCUT2D eigenvalue weighted by Gasteiger charge is 2.53. The van der Waals surface area contributed by atoms with Crippen molar-refractivity contribution in [2.45, 2.75) is 149 Å². The molecule has 12 aliphatic rings. The second-order valence-corrected chi connectivity index (χ2v) is 20.8. The van der Waals surface area contributed by atoms with Crippen LogP contribution in [0.15, 0.2) is 30.3 Å². The Morgan fingerprint density at radius 3 is 1.29 bits per heavy atom. The lowest BCUT2D eigenvalue weighted by Gasteiger charge is -2.47. The molecule has 1 aromatic carbocycles. The molecule has 0 amide bonds. The summed E-state index contributed by atoms with van der Waals surface area (Å²) in [6.07, 6.45) is -20.2. The van der Waals surface area contributed by atoms with Crippen LogP contribution in [-0.2, 0) is 37.9 Å². The molecule has 426 valence electrons. The second-order valence-electron chi connectivity index (χ2n) is 19.6. The molecule has 75 heavy (non-hydrogen) atoms. The number of rotatable bonds is 16. The van der Waals surface area contributed by atoms with Crippen LogP contribution in [0, 0.1) is 11.8 Å². The average Bonchev–Trinajstić information content (AvgIpc) is 3.40. The number of hydrogen-bond donors (Lipinski definition) is 16. The Kier molecular flexibility index (Phi) is 23.8. The van der Waals surface area contributed by atoms with Crippen molar-refractivity contribution >= 4 is 57.7 Å². The van der Waals surface area contributed by atoms with E-state index in [0.717, 1.165) is 5.69 Å². The lowest BCUT2D eigenvalue weighted by Crippen LogP contribution is -2.64. The quantitative estimate of drug-likeness (QED) is 0.0693. The lowest BCUT2D eigenvalue weighted by atomic mass is 9.84. The first-order valence-electron chi connectivity index (χ1n) is 25.8. The van der Waals surface area contributed by atoms with Gasteiger partial charge in [-0.3, -0.25) is 4.90 Å². The molecule has 12 aliphatic heterocycles. The monoisotopic (exact) mass is 1120 g/mol. The van der Waals surface area contributed by atoms with Crippen LogP contribution in [0.4, 0.5) is 5.69 Å². The zero-order valence-electron chi connectivity index (χ0n) is 41.6. The van der Waals surface area contributed by atoms with Gasteiger partial charge in [-0.05, 0) is 74.5 Å². The molecule has 25 nitrogen and oxygen atoms in total. The minimum atomic E-state index is -1.56. The number of aliphatic hydroxyl groups excluding tert-OH is 10. The van der Waals surface area contributed by atoms with E-state index in [2.05, 4.69) is 36.8 Å². The maximum Gasteiger partial charge on any atom is 0.186 e. The van der Waals surface area contributed by atoms with Crippen molar-refractivity contribution in [3.05, 3.63) is 30.3 Å². The highest BCUT2D eigenvalue weighted by atomic mass is 32.1. The Hall–Kier alpha value is -2.47. The van der Waals surface area contributed by atoms with E-state index >= 15 is 0 Å². The van der Waals surface area contributed by atoms with Crippen LogP contribution in [-0.4, -0.2) is 261 Å². The van der Waals surface area contributed by atoms with Crippen LogP contribution in [0.2, 0.25) is 0 Å². The second kappa shape index (κ2) is 29.7. The van der Waals surface area contributed by atoms with E-state index in [4.69, 9.17) is 74.5 Å². The van der Waals surface area contributed by atoms with Crippen LogP contribution in [0.3, 0.4) is 0 Å².